The van der Waals surface area contributed by atoms with Crippen molar-refractivity contribution in [3.8, 4) is 0 Å². The summed E-state index contributed by atoms with van der Waals surface area (Å²) in [5.74, 6) is 0. The van der Waals surface area contributed by atoms with Gasteiger partial charge >= 0.3 is 0 Å². The van der Waals surface area contributed by atoms with Gasteiger partial charge in [0.2, 0.25) is 0 Å². The number of rotatable bonds is 6. The van der Waals surface area contributed by atoms with E-state index in [0.717, 1.165) is 24.6 Å². The molecule has 0 radical (unpaired) electrons. The third kappa shape index (κ3) is 5.15. The highest BCUT2D eigenvalue weighted by molar-refractivity contribution is 7.80. The molecule has 0 aliphatic heterocycles. The molecule has 116 valence electrons. The Hall–Kier alpha value is -1.87. The van der Waals surface area contributed by atoms with Crippen molar-refractivity contribution in [1.82, 2.24) is 10.2 Å². The standard InChI is InChI=1S/C19H24N2S/c1-3-16(2)20-19(22)21(14-17-10-6-4-7-11-17)15-18-12-8-5-9-13-18/h4-13,16H,3,14-15H2,1-2H3,(H,20,22)/t16-/m0/s1. The van der Waals surface area contributed by atoms with Gasteiger partial charge in [0, 0.05) is 19.1 Å². The zero-order valence-electron chi connectivity index (χ0n) is 13.3. The lowest BCUT2D eigenvalue weighted by molar-refractivity contribution is 0.392. The van der Waals surface area contributed by atoms with E-state index >= 15 is 0 Å². The van der Waals surface area contributed by atoms with Crippen molar-refractivity contribution in [2.75, 3.05) is 0 Å². The number of nitrogens with one attached hydrogen (secondary N) is 1. The molecule has 0 spiro atoms. The summed E-state index contributed by atoms with van der Waals surface area (Å²) in [6.07, 6.45) is 1.06. The molecule has 0 fully saturated rings. The predicted octanol–water partition coefficient (Wildman–Crippen LogP) is 4.36. The first-order valence-corrected chi connectivity index (χ1v) is 8.23. The highest BCUT2D eigenvalue weighted by atomic mass is 32.1. The van der Waals surface area contributed by atoms with Gasteiger partial charge < -0.3 is 10.2 Å². The van der Waals surface area contributed by atoms with Crippen LogP contribution in [0.2, 0.25) is 0 Å². The Morgan fingerprint density at radius 3 is 1.82 bits per heavy atom. The predicted molar refractivity (Wildman–Crippen MR) is 97.6 cm³/mol. The van der Waals surface area contributed by atoms with Crippen LogP contribution in [0.15, 0.2) is 60.7 Å². The monoisotopic (exact) mass is 312 g/mol. The summed E-state index contributed by atoms with van der Waals surface area (Å²) in [7, 11) is 0. The van der Waals surface area contributed by atoms with Crippen LogP contribution in [-0.2, 0) is 13.1 Å². The molecule has 2 rings (SSSR count). The van der Waals surface area contributed by atoms with Gasteiger partial charge in [-0.15, -0.1) is 0 Å². The van der Waals surface area contributed by atoms with Gasteiger partial charge in [0.15, 0.2) is 5.11 Å². The van der Waals surface area contributed by atoms with Crippen molar-refractivity contribution in [1.29, 1.82) is 0 Å². The second-order valence-corrected chi connectivity index (χ2v) is 5.97. The number of nitrogens with zero attached hydrogens (tertiary/aromatic N) is 1. The number of hydrogen-bond donors (Lipinski definition) is 1. The van der Waals surface area contributed by atoms with E-state index in [1.165, 1.54) is 11.1 Å². The van der Waals surface area contributed by atoms with Crippen LogP contribution in [-0.4, -0.2) is 16.1 Å². The first-order valence-electron chi connectivity index (χ1n) is 7.82. The maximum Gasteiger partial charge on any atom is 0.169 e. The molecular formula is C19H24N2S. The lowest BCUT2D eigenvalue weighted by Crippen LogP contribution is -2.42. The van der Waals surface area contributed by atoms with Crippen LogP contribution in [0.4, 0.5) is 0 Å². The van der Waals surface area contributed by atoms with Crippen molar-refractivity contribution in [3.05, 3.63) is 71.8 Å². The summed E-state index contributed by atoms with van der Waals surface area (Å²) in [4.78, 5) is 2.23. The molecule has 1 atom stereocenters. The maximum absolute atomic E-state index is 5.63. The van der Waals surface area contributed by atoms with Gasteiger partial charge in [-0.3, -0.25) is 0 Å². The second kappa shape index (κ2) is 8.54. The first-order chi connectivity index (χ1) is 10.7. The van der Waals surface area contributed by atoms with Crippen LogP contribution >= 0.6 is 12.2 Å². The molecule has 0 saturated carbocycles. The molecule has 0 aromatic heterocycles. The highest BCUT2D eigenvalue weighted by Crippen LogP contribution is 2.11. The van der Waals surface area contributed by atoms with Crippen LogP contribution in [0.3, 0.4) is 0 Å². The van der Waals surface area contributed by atoms with E-state index in [0.29, 0.717) is 6.04 Å². The molecule has 0 saturated heterocycles. The Morgan fingerprint density at radius 2 is 1.41 bits per heavy atom. The maximum atomic E-state index is 5.63. The topological polar surface area (TPSA) is 15.3 Å². The fourth-order valence-electron chi connectivity index (χ4n) is 2.21. The van der Waals surface area contributed by atoms with E-state index in [1.54, 1.807) is 0 Å². The smallest absolute Gasteiger partial charge is 0.169 e. The second-order valence-electron chi connectivity index (χ2n) is 5.59. The van der Waals surface area contributed by atoms with Gasteiger partial charge in [0.1, 0.15) is 0 Å². The highest BCUT2D eigenvalue weighted by Gasteiger charge is 2.12. The summed E-state index contributed by atoms with van der Waals surface area (Å²) < 4.78 is 0. The third-order valence-electron chi connectivity index (χ3n) is 3.70. The summed E-state index contributed by atoms with van der Waals surface area (Å²) in [6, 6.07) is 21.3. The van der Waals surface area contributed by atoms with Gasteiger partial charge in [-0.05, 0) is 36.7 Å². The van der Waals surface area contributed by atoms with Crippen LogP contribution in [0, 0.1) is 0 Å². The molecule has 0 heterocycles. The average molecular weight is 312 g/mol. The van der Waals surface area contributed by atoms with Crippen LogP contribution < -0.4 is 5.32 Å². The zero-order chi connectivity index (χ0) is 15.8. The summed E-state index contributed by atoms with van der Waals surface area (Å²) in [5, 5.41) is 4.25. The minimum atomic E-state index is 0.390. The van der Waals surface area contributed by atoms with Crippen LogP contribution in [0.25, 0.3) is 0 Å². The molecule has 2 aromatic carbocycles. The average Bonchev–Trinajstić information content (AvgIpc) is 2.56. The summed E-state index contributed by atoms with van der Waals surface area (Å²) in [5.41, 5.74) is 2.54. The first kappa shape index (κ1) is 16.5. The fraction of sp³-hybridized carbons (Fsp3) is 0.316. The molecule has 2 aromatic rings. The normalized spacial score (nSPS) is 11.7. The largest absolute Gasteiger partial charge is 0.360 e. The van der Waals surface area contributed by atoms with Crippen LogP contribution in [0.5, 0.6) is 0 Å². The molecule has 2 nitrogen and oxygen atoms in total. The molecule has 0 aliphatic carbocycles. The van der Waals surface area contributed by atoms with Crippen LogP contribution in [0.1, 0.15) is 31.4 Å². The zero-order valence-corrected chi connectivity index (χ0v) is 14.1. The molecule has 1 N–H and O–H groups in total. The SMILES string of the molecule is CC[C@H](C)NC(=S)N(Cc1ccccc1)Cc1ccccc1. The lowest BCUT2D eigenvalue weighted by Gasteiger charge is -2.28. The lowest BCUT2D eigenvalue weighted by atomic mass is 10.2. The third-order valence-corrected chi connectivity index (χ3v) is 4.08. The molecule has 0 amide bonds. The molecule has 0 aliphatic rings. The summed E-state index contributed by atoms with van der Waals surface area (Å²) >= 11 is 5.63. The molecule has 3 heteroatoms. The molecule has 0 bridgehead atoms. The van der Waals surface area contributed by atoms with Crippen molar-refractivity contribution in [2.24, 2.45) is 0 Å². The van der Waals surface area contributed by atoms with Gasteiger partial charge in [-0.25, -0.2) is 0 Å². The van der Waals surface area contributed by atoms with E-state index in [9.17, 15) is 0 Å². The molecular weight excluding hydrogens is 288 g/mol. The van der Waals surface area contributed by atoms with Gasteiger partial charge in [0.05, 0.1) is 0 Å². The minimum Gasteiger partial charge on any atom is -0.360 e. The fourth-order valence-corrected chi connectivity index (χ4v) is 2.54. The number of hydrogen-bond acceptors (Lipinski definition) is 1. The number of benzene rings is 2. The van der Waals surface area contributed by atoms with Gasteiger partial charge in [-0.2, -0.15) is 0 Å². The Morgan fingerprint density at radius 1 is 0.955 bits per heavy atom. The van der Waals surface area contributed by atoms with E-state index in [4.69, 9.17) is 12.2 Å². The van der Waals surface area contributed by atoms with E-state index in [1.807, 2.05) is 12.1 Å². The van der Waals surface area contributed by atoms with Crippen molar-refractivity contribution >= 4 is 17.3 Å². The van der Waals surface area contributed by atoms with Crippen molar-refractivity contribution in [3.63, 3.8) is 0 Å². The number of thiocarbonyl (C=S) groups is 1. The van der Waals surface area contributed by atoms with Gasteiger partial charge in [0.25, 0.3) is 0 Å². The van der Waals surface area contributed by atoms with E-state index in [-0.39, 0.29) is 0 Å². The van der Waals surface area contributed by atoms with Gasteiger partial charge in [-0.1, -0.05) is 67.6 Å². The quantitative estimate of drug-likeness (QED) is 0.798. The van der Waals surface area contributed by atoms with E-state index in [2.05, 4.69) is 72.6 Å². The Balaban J connectivity index is 2.11. The Bertz CT molecular complexity index is 527. The van der Waals surface area contributed by atoms with Crippen molar-refractivity contribution in [2.45, 2.75) is 39.4 Å². The minimum absolute atomic E-state index is 0.390. The molecule has 0 unspecified atom stereocenters. The summed E-state index contributed by atoms with van der Waals surface area (Å²) in [6.45, 7) is 5.96. The van der Waals surface area contributed by atoms with Crippen molar-refractivity contribution < 1.29 is 0 Å². The Labute approximate surface area is 139 Å². The Kier molecular flexibility index (Phi) is 6.41. The van der Waals surface area contributed by atoms with E-state index < -0.39 is 0 Å². The molecule has 22 heavy (non-hydrogen) atoms.